The minimum atomic E-state index is -0.847. The largest absolute Gasteiger partial charge is 0.481 e. The molecule has 8 nitrogen and oxygen atoms in total. The van der Waals surface area contributed by atoms with Crippen molar-refractivity contribution in [2.24, 2.45) is 0 Å². The van der Waals surface area contributed by atoms with Crippen LogP contribution in [-0.2, 0) is 11.2 Å². The fourth-order valence-electron chi connectivity index (χ4n) is 1.40. The van der Waals surface area contributed by atoms with E-state index in [0.29, 0.717) is 36.1 Å². The molecule has 2 rings (SSSR count). The van der Waals surface area contributed by atoms with Crippen LogP contribution in [0.2, 0.25) is 0 Å². The number of aryl methyl sites for hydroxylation is 1. The van der Waals surface area contributed by atoms with Gasteiger partial charge in [-0.25, -0.2) is 0 Å². The molecule has 100 valence electrons. The van der Waals surface area contributed by atoms with Crippen LogP contribution in [0.4, 0.5) is 0 Å². The molecule has 19 heavy (non-hydrogen) atoms. The molecule has 0 spiro atoms. The van der Waals surface area contributed by atoms with Crippen LogP contribution in [-0.4, -0.2) is 38.5 Å². The molecule has 0 unspecified atom stereocenters. The van der Waals surface area contributed by atoms with E-state index in [1.807, 2.05) is 0 Å². The highest BCUT2D eigenvalue weighted by atomic mass is 16.5. The van der Waals surface area contributed by atoms with E-state index >= 15 is 0 Å². The molecule has 0 aliphatic carbocycles. The Kier molecular flexibility index (Phi) is 4.01. The highest BCUT2D eigenvalue weighted by Gasteiger charge is 2.11. The molecule has 0 bridgehead atoms. The van der Waals surface area contributed by atoms with Gasteiger partial charge < -0.3 is 14.4 Å². The normalized spacial score (nSPS) is 10.4. The molecule has 0 aliphatic heterocycles. The summed E-state index contributed by atoms with van der Waals surface area (Å²) >= 11 is 0. The Morgan fingerprint density at radius 1 is 1.42 bits per heavy atom. The molecular formula is C11H12N4O4. The highest BCUT2D eigenvalue weighted by Crippen LogP contribution is 2.15. The van der Waals surface area contributed by atoms with Crippen molar-refractivity contribution in [1.82, 2.24) is 20.3 Å². The van der Waals surface area contributed by atoms with Gasteiger partial charge in [0.1, 0.15) is 5.69 Å². The third-order valence-electron chi connectivity index (χ3n) is 2.33. The fourth-order valence-corrected chi connectivity index (χ4v) is 1.40. The number of methoxy groups -OCH3 is 1. The molecule has 1 N–H and O–H groups in total. The number of aromatic nitrogens is 4. The van der Waals surface area contributed by atoms with Crippen LogP contribution < -0.4 is 4.74 Å². The summed E-state index contributed by atoms with van der Waals surface area (Å²) in [4.78, 5) is 14.5. The van der Waals surface area contributed by atoms with Crippen molar-refractivity contribution in [1.29, 1.82) is 0 Å². The first-order valence-corrected chi connectivity index (χ1v) is 5.61. The summed E-state index contributed by atoms with van der Waals surface area (Å²) in [7, 11) is 1.50. The van der Waals surface area contributed by atoms with Gasteiger partial charge in [0.25, 0.3) is 0 Å². The first-order chi connectivity index (χ1) is 9.19. The number of carboxylic acid groups (broad SMARTS) is 1. The SMILES string of the molecule is COc1ccc(-c2noc(CCCC(=O)O)n2)nn1. The first-order valence-electron chi connectivity index (χ1n) is 5.61. The molecule has 8 heteroatoms. The van der Waals surface area contributed by atoms with Crippen molar-refractivity contribution in [2.75, 3.05) is 7.11 Å². The van der Waals surface area contributed by atoms with E-state index in [1.165, 1.54) is 7.11 Å². The Balaban J connectivity index is 2.01. The number of hydrogen-bond acceptors (Lipinski definition) is 7. The van der Waals surface area contributed by atoms with E-state index < -0.39 is 5.97 Å². The zero-order valence-electron chi connectivity index (χ0n) is 10.2. The van der Waals surface area contributed by atoms with Crippen molar-refractivity contribution in [3.8, 4) is 17.4 Å². The van der Waals surface area contributed by atoms with Gasteiger partial charge in [0.15, 0.2) is 0 Å². The summed E-state index contributed by atoms with van der Waals surface area (Å²) in [6.07, 6.45) is 0.939. The third kappa shape index (κ3) is 3.47. The van der Waals surface area contributed by atoms with Crippen LogP contribution in [0.3, 0.4) is 0 Å². The Morgan fingerprint density at radius 2 is 2.26 bits per heavy atom. The molecule has 0 radical (unpaired) electrons. The maximum atomic E-state index is 10.4. The predicted octanol–water partition coefficient (Wildman–Crippen LogP) is 0.942. The molecule has 0 aromatic carbocycles. The molecule has 0 saturated heterocycles. The average Bonchev–Trinajstić information content (AvgIpc) is 2.87. The van der Waals surface area contributed by atoms with Crippen LogP contribution in [0, 0.1) is 0 Å². The minimum Gasteiger partial charge on any atom is -0.481 e. The number of carbonyl (C=O) groups is 1. The zero-order valence-corrected chi connectivity index (χ0v) is 10.2. The summed E-state index contributed by atoms with van der Waals surface area (Å²) in [5.74, 6) is 0.254. The topological polar surface area (TPSA) is 111 Å². The van der Waals surface area contributed by atoms with E-state index in [2.05, 4.69) is 20.3 Å². The summed E-state index contributed by atoms with van der Waals surface area (Å²) in [6, 6.07) is 3.31. The number of aliphatic carboxylic acids is 1. The summed E-state index contributed by atoms with van der Waals surface area (Å²) in [5, 5.41) is 20.0. The Hall–Kier alpha value is -2.51. The molecule has 2 aromatic rings. The van der Waals surface area contributed by atoms with Crippen molar-refractivity contribution in [3.63, 3.8) is 0 Å². The maximum Gasteiger partial charge on any atom is 0.303 e. The lowest BCUT2D eigenvalue weighted by Gasteiger charge is -1.96. The van der Waals surface area contributed by atoms with Crippen LogP contribution in [0.15, 0.2) is 16.7 Å². The van der Waals surface area contributed by atoms with Gasteiger partial charge in [-0.15, -0.1) is 10.2 Å². The standard InChI is InChI=1S/C11H12N4O4/c1-18-9-6-5-7(13-14-9)11-12-8(19-15-11)3-2-4-10(16)17/h5-6H,2-4H2,1H3,(H,16,17). The quantitative estimate of drug-likeness (QED) is 0.820. The molecule has 0 fully saturated rings. The Morgan fingerprint density at radius 3 is 2.89 bits per heavy atom. The summed E-state index contributed by atoms with van der Waals surface area (Å²) in [5.41, 5.74) is 0.467. The van der Waals surface area contributed by atoms with Crippen LogP contribution in [0.5, 0.6) is 5.88 Å². The highest BCUT2D eigenvalue weighted by molar-refractivity contribution is 5.66. The van der Waals surface area contributed by atoms with E-state index in [0.717, 1.165) is 0 Å². The van der Waals surface area contributed by atoms with Gasteiger partial charge in [-0.3, -0.25) is 4.79 Å². The molecular weight excluding hydrogens is 252 g/mol. The molecule has 0 amide bonds. The number of nitrogens with zero attached hydrogens (tertiary/aromatic N) is 4. The predicted molar refractivity (Wildman–Crippen MR) is 62.4 cm³/mol. The zero-order chi connectivity index (χ0) is 13.7. The Bertz CT molecular complexity index is 552. The van der Waals surface area contributed by atoms with Gasteiger partial charge in [0, 0.05) is 18.9 Å². The van der Waals surface area contributed by atoms with Crippen molar-refractivity contribution in [2.45, 2.75) is 19.3 Å². The minimum absolute atomic E-state index is 0.0695. The average molecular weight is 264 g/mol. The van der Waals surface area contributed by atoms with Crippen LogP contribution in [0.1, 0.15) is 18.7 Å². The van der Waals surface area contributed by atoms with Gasteiger partial charge in [0.05, 0.1) is 7.11 Å². The van der Waals surface area contributed by atoms with Gasteiger partial charge in [-0.2, -0.15) is 4.98 Å². The second-order valence-electron chi connectivity index (χ2n) is 3.72. The number of ether oxygens (including phenoxy) is 1. The molecule has 2 heterocycles. The lowest BCUT2D eigenvalue weighted by molar-refractivity contribution is -0.137. The van der Waals surface area contributed by atoms with Gasteiger partial charge in [0.2, 0.25) is 17.6 Å². The number of hydrogen-bond donors (Lipinski definition) is 1. The van der Waals surface area contributed by atoms with Crippen molar-refractivity contribution < 1.29 is 19.2 Å². The number of carboxylic acids is 1. The molecule has 0 atom stereocenters. The van der Waals surface area contributed by atoms with Crippen molar-refractivity contribution >= 4 is 5.97 Å². The second-order valence-corrected chi connectivity index (χ2v) is 3.72. The lowest BCUT2D eigenvalue weighted by Crippen LogP contribution is -1.96. The van der Waals surface area contributed by atoms with Crippen molar-refractivity contribution in [3.05, 3.63) is 18.0 Å². The smallest absolute Gasteiger partial charge is 0.303 e. The van der Waals surface area contributed by atoms with E-state index in [-0.39, 0.29) is 6.42 Å². The van der Waals surface area contributed by atoms with Gasteiger partial charge in [-0.1, -0.05) is 5.16 Å². The molecule has 0 saturated carbocycles. The van der Waals surface area contributed by atoms with E-state index in [1.54, 1.807) is 12.1 Å². The second kappa shape index (κ2) is 5.89. The molecule has 0 aliphatic rings. The summed E-state index contributed by atoms with van der Waals surface area (Å²) < 4.78 is 9.90. The van der Waals surface area contributed by atoms with Gasteiger partial charge in [-0.05, 0) is 12.5 Å². The monoisotopic (exact) mass is 264 g/mol. The van der Waals surface area contributed by atoms with E-state index in [4.69, 9.17) is 14.4 Å². The first kappa shape index (κ1) is 12.9. The van der Waals surface area contributed by atoms with Gasteiger partial charge >= 0.3 is 5.97 Å². The van der Waals surface area contributed by atoms with Crippen LogP contribution >= 0.6 is 0 Å². The third-order valence-corrected chi connectivity index (χ3v) is 2.33. The molecule has 2 aromatic heterocycles. The van der Waals surface area contributed by atoms with E-state index in [9.17, 15) is 4.79 Å². The Labute approximate surface area is 108 Å². The number of rotatable bonds is 6. The maximum absolute atomic E-state index is 10.4. The summed E-state index contributed by atoms with van der Waals surface area (Å²) in [6.45, 7) is 0. The fraction of sp³-hybridized carbons (Fsp3) is 0.364. The lowest BCUT2D eigenvalue weighted by atomic mass is 10.2. The van der Waals surface area contributed by atoms with Crippen LogP contribution in [0.25, 0.3) is 11.5 Å².